The van der Waals surface area contributed by atoms with E-state index in [9.17, 15) is 12.8 Å². The largest absolute Gasteiger partial charge is 0.281 e. The number of benzene rings is 1. The zero-order chi connectivity index (χ0) is 15.1. The number of aromatic nitrogens is 3. The van der Waals surface area contributed by atoms with Gasteiger partial charge in [0.2, 0.25) is 5.03 Å². The molecule has 2 aromatic rings. The van der Waals surface area contributed by atoms with Crippen LogP contribution in [0.25, 0.3) is 0 Å². The number of aryl methyl sites for hydroxylation is 2. The molecule has 2 rings (SSSR count). The van der Waals surface area contributed by atoms with E-state index < -0.39 is 15.8 Å². The molecule has 0 aliphatic heterocycles. The van der Waals surface area contributed by atoms with E-state index in [0.717, 1.165) is 10.7 Å². The first-order valence-electron chi connectivity index (χ1n) is 5.26. The van der Waals surface area contributed by atoms with Crippen molar-refractivity contribution in [3.05, 3.63) is 32.6 Å². The molecule has 20 heavy (non-hydrogen) atoms. The second kappa shape index (κ2) is 5.41. The Bertz CT molecular complexity index is 756. The average Bonchev–Trinajstić information content (AvgIpc) is 2.66. The van der Waals surface area contributed by atoms with E-state index in [1.54, 1.807) is 6.92 Å². The van der Waals surface area contributed by atoms with Gasteiger partial charge < -0.3 is 0 Å². The minimum atomic E-state index is -3.92. The second-order valence-electron chi connectivity index (χ2n) is 4.00. The molecule has 0 fully saturated rings. The van der Waals surface area contributed by atoms with Crippen LogP contribution < -0.4 is 4.72 Å². The lowest BCUT2D eigenvalue weighted by Gasteiger charge is -2.11. The zero-order valence-corrected chi connectivity index (χ0v) is 14.3. The van der Waals surface area contributed by atoms with Gasteiger partial charge in [-0.2, -0.15) is 8.42 Å². The van der Waals surface area contributed by atoms with E-state index in [-0.39, 0.29) is 19.8 Å². The molecule has 1 aromatic heterocycles. The number of nitrogens with one attached hydrogen (secondary N) is 1. The van der Waals surface area contributed by atoms with Gasteiger partial charge in [0.15, 0.2) is 4.60 Å². The van der Waals surface area contributed by atoms with Crippen molar-refractivity contribution in [2.24, 2.45) is 7.05 Å². The van der Waals surface area contributed by atoms with Gasteiger partial charge in [-0.05, 0) is 56.5 Å². The third-order valence-electron chi connectivity index (χ3n) is 2.50. The Morgan fingerprint density at radius 2 is 2.00 bits per heavy atom. The Labute approximate surface area is 131 Å². The molecular formula is C10H9Br2FN4O2S. The third kappa shape index (κ3) is 2.86. The summed E-state index contributed by atoms with van der Waals surface area (Å²) in [5.74, 6) is -0.560. The lowest BCUT2D eigenvalue weighted by molar-refractivity contribution is 0.578. The van der Waals surface area contributed by atoms with Crippen molar-refractivity contribution in [2.45, 2.75) is 11.9 Å². The molecule has 0 aliphatic carbocycles. The molecular weight excluding hydrogens is 419 g/mol. The van der Waals surface area contributed by atoms with Crippen molar-refractivity contribution < 1.29 is 12.8 Å². The first kappa shape index (κ1) is 15.4. The van der Waals surface area contributed by atoms with E-state index in [0.29, 0.717) is 5.56 Å². The van der Waals surface area contributed by atoms with E-state index in [4.69, 9.17) is 0 Å². The SMILES string of the molecule is Cc1cc(Br)c(F)cc1NS(=O)(=O)c1c(Br)nnn1C. The Hall–Kier alpha value is -1.00. The summed E-state index contributed by atoms with van der Waals surface area (Å²) in [5, 5.41) is 7.07. The quantitative estimate of drug-likeness (QED) is 0.816. The van der Waals surface area contributed by atoms with Crippen LogP contribution >= 0.6 is 31.9 Å². The Balaban J connectivity index is 2.47. The summed E-state index contributed by atoms with van der Waals surface area (Å²) in [7, 11) is -2.48. The van der Waals surface area contributed by atoms with Crippen LogP contribution in [0.1, 0.15) is 5.56 Å². The monoisotopic (exact) mass is 426 g/mol. The number of nitrogens with zero attached hydrogens (tertiary/aromatic N) is 3. The van der Waals surface area contributed by atoms with Crippen LogP contribution in [0.5, 0.6) is 0 Å². The minimum absolute atomic E-state index is 0.0859. The van der Waals surface area contributed by atoms with Crippen molar-refractivity contribution in [3.8, 4) is 0 Å². The van der Waals surface area contributed by atoms with Crippen LogP contribution in [0.4, 0.5) is 10.1 Å². The molecule has 0 spiro atoms. The number of rotatable bonds is 3. The number of hydrogen-bond acceptors (Lipinski definition) is 4. The van der Waals surface area contributed by atoms with Crippen molar-refractivity contribution in [2.75, 3.05) is 4.72 Å². The summed E-state index contributed by atoms with van der Waals surface area (Å²) in [6.07, 6.45) is 0. The fraction of sp³-hybridized carbons (Fsp3) is 0.200. The molecule has 0 unspecified atom stereocenters. The number of hydrogen-bond donors (Lipinski definition) is 1. The summed E-state index contributed by atoms with van der Waals surface area (Å²) < 4.78 is 41.8. The van der Waals surface area contributed by atoms with Crippen molar-refractivity contribution >= 4 is 47.6 Å². The Morgan fingerprint density at radius 1 is 1.35 bits per heavy atom. The topological polar surface area (TPSA) is 76.9 Å². The molecule has 6 nitrogen and oxygen atoms in total. The molecule has 0 saturated carbocycles. The summed E-state index contributed by atoms with van der Waals surface area (Å²) >= 11 is 6.05. The van der Waals surface area contributed by atoms with Gasteiger partial charge >= 0.3 is 0 Å². The number of anilines is 1. The highest BCUT2D eigenvalue weighted by Gasteiger charge is 2.24. The molecule has 0 saturated heterocycles. The number of halogens is 3. The van der Waals surface area contributed by atoms with Gasteiger partial charge in [-0.1, -0.05) is 5.21 Å². The molecule has 1 N–H and O–H groups in total. The van der Waals surface area contributed by atoms with Crippen LogP contribution in [0, 0.1) is 12.7 Å². The molecule has 10 heteroatoms. The van der Waals surface area contributed by atoms with Gasteiger partial charge in [0.25, 0.3) is 10.0 Å². The maximum absolute atomic E-state index is 13.5. The molecule has 108 valence electrons. The maximum atomic E-state index is 13.5. The Morgan fingerprint density at radius 3 is 2.55 bits per heavy atom. The van der Waals surface area contributed by atoms with Gasteiger partial charge in [-0.15, -0.1) is 5.10 Å². The van der Waals surface area contributed by atoms with Gasteiger partial charge in [-0.3, -0.25) is 4.72 Å². The molecule has 0 aliphatic rings. The van der Waals surface area contributed by atoms with Crippen molar-refractivity contribution in [1.29, 1.82) is 0 Å². The van der Waals surface area contributed by atoms with Gasteiger partial charge in [0.05, 0.1) is 10.2 Å². The lowest BCUT2D eigenvalue weighted by atomic mass is 10.2. The fourth-order valence-corrected chi connectivity index (χ4v) is 4.24. The maximum Gasteiger partial charge on any atom is 0.281 e. The fourth-order valence-electron chi connectivity index (χ4n) is 1.56. The Kier molecular flexibility index (Phi) is 4.17. The molecule has 0 radical (unpaired) electrons. The van der Waals surface area contributed by atoms with Crippen molar-refractivity contribution in [3.63, 3.8) is 0 Å². The van der Waals surface area contributed by atoms with Crippen LogP contribution in [-0.2, 0) is 17.1 Å². The predicted molar refractivity (Wildman–Crippen MR) is 78.3 cm³/mol. The molecule has 0 bridgehead atoms. The van der Waals surface area contributed by atoms with E-state index >= 15 is 0 Å². The highest BCUT2D eigenvalue weighted by atomic mass is 79.9. The molecule has 0 amide bonds. The minimum Gasteiger partial charge on any atom is -0.278 e. The smallest absolute Gasteiger partial charge is 0.278 e. The summed E-state index contributed by atoms with van der Waals surface area (Å²) in [4.78, 5) is 0. The summed E-state index contributed by atoms with van der Waals surface area (Å²) in [6.45, 7) is 1.67. The van der Waals surface area contributed by atoms with Crippen LogP contribution in [0.2, 0.25) is 0 Å². The normalized spacial score (nSPS) is 11.7. The van der Waals surface area contributed by atoms with Crippen LogP contribution in [-0.4, -0.2) is 23.4 Å². The van der Waals surface area contributed by atoms with Gasteiger partial charge in [0, 0.05) is 7.05 Å². The van der Waals surface area contributed by atoms with Gasteiger partial charge in [-0.25, -0.2) is 9.07 Å². The standard InChI is InChI=1S/C10H9Br2FN4O2S/c1-5-3-6(11)7(13)4-8(5)15-20(18,19)10-9(12)14-16-17(10)2/h3-4,15H,1-2H3. The molecule has 1 aromatic carbocycles. The number of sulfonamides is 1. The highest BCUT2D eigenvalue weighted by molar-refractivity contribution is 9.10. The average molecular weight is 428 g/mol. The summed E-state index contributed by atoms with van der Waals surface area (Å²) in [6, 6.07) is 2.60. The van der Waals surface area contributed by atoms with E-state index in [1.165, 1.54) is 13.1 Å². The third-order valence-corrected chi connectivity index (χ3v) is 5.36. The van der Waals surface area contributed by atoms with Crippen LogP contribution in [0.15, 0.2) is 26.2 Å². The first-order chi connectivity index (χ1) is 9.22. The highest BCUT2D eigenvalue weighted by Crippen LogP contribution is 2.27. The summed E-state index contributed by atoms with van der Waals surface area (Å²) in [5.41, 5.74) is 0.729. The van der Waals surface area contributed by atoms with Gasteiger partial charge in [0.1, 0.15) is 5.82 Å². The van der Waals surface area contributed by atoms with E-state index in [1.807, 2.05) is 0 Å². The first-order valence-corrected chi connectivity index (χ1v) is 8.33. The zero-order valence-electron chi connectivity index (χ0n) is 10.4. The van der Waals surface area contributed by atoms with Crippen LogP contribution in [0.3, 0.4) is 0 Å². The van der Waals surface area contributed by atoms with E-state index in [2.05, 4.69) is 46.9 Å². The second-order valence-corrected chi connectivity index (χ2v) is 7.20. The lowest BCUT2D eigenvalue weighted by Crippen LogP contribution is -2.18. The van der Waals surface area contributed by atoms with Crippen molar-refractivity contribution in [1.82, 2.24) is 15.0 Å². The molecule has 1 heterocycles. The molecule has 0 atom stereocenters. The predicted octanol–water partition coefficient (Wildman–Crippen LogP) is 2.59.